The van der Waals surface area contributed by atoms with E-state index in [1.54, 1.807) is 6.26 Å². The summed E-state index contributed by atoms with van der Waals surface area (Å²) in [5.74, 6) is 0.760. The molecule has 3 rings (SSSR count). The fourth-order valence-corrected chi connectivity index (χ4v) is 2.98. The van der Waals surface area contributed by atoms with Gasteiger partial charge in [-0.05, 0) is 30.7 Å². The number of hydrogen-bond acceptors (Lipinski definition) is 3. The van der Waals surface area contributed by atoms with Gasteiger partial charge in [0.15, 0.2) is 0 Å². The van der Waals surface area contributed by atoms with Gasteiger partial charge in [-0.25, -0.2) is 4.39 Å². The zero-order valence-electron chi connectivity index (χ0n) is 12.4. The Labute approximate surface area is 130 Å². The molecule has 2 atom stereocenters. The topological polar surface area (TPSA) is 40.2 Å². The predicted molar refractivity (Wildman–Crippen MR) is 82.7 cm³/mol. The van der Waals surface area contributed by atoms with Crippen LogP contribution in [-0.2, 0) is 6.54 Å². The molecule has 4 heteroatoms. The highest BCUT2D eigenvalue weighted by molar-refractivity contribution is 5.57. The number of nitrogens with zero attached hydrogens (tertiary/aromatic N) is 2. The maximum Gasteiger partial charge on any atom is 0.133 e. The molecule has 0 bridgehead atoms. The number of nitriles is 1. The first-order valence-corrected chi connectivity index (χ1v) is 7.62. The zero-order valence-corrected chi connectivity index (χ0v) is 12.4. The molecule has 2 aromatic rings. The van der Waals surface area contributed by atoms with Gasteiger partial charge in [0.25, 0.3) is 0 Å². The van der Waals surface area contributed by atoms with E-state index in [1.165, 1.54) is 5.56 Å². The van der Waals surface area contributed by atoms with Crippen LogP contribution in [0.5, 0.6) is 0 Å². The van der Waals surface area contributed by atoms with Gasteiger partial charge in [-0.2, -0.15) is 5.26 Å². The summed E-state index contributed by atoms with van der Waals surface area (Å²) >= 11 is 0. The van der Waals surface area contributed by atoms with Crippen molar-refractivity contribution in [3.63, 3.8) is 0 Å². The number of hydrogen-bond donors (Lipinski definition) is 0. The van der Waals surface area contributed by atoms with Crippen LogP contribution in [-0.4, -0.2) is 24.2 Å². The second-order valence-electron chi connectivity index (χ2n) is 5.84. The number of alkyl halides is 1. The van der Waals surface area contributed by atoms with Crippen LogP contribution in [0.4, 0.5) is 4.39 Å². The molecule has 0 amide bonds. The molecule has 22 heavy (non-hydrogen) atoms. The van der Waals surface area contributed by atoms with Crippen molar-refractivity contribution < 1.29 is 8.81 Å². The molecule has 1 fully saturated rings. The van der Waals surface area contributed by atoms with E-state index in [2.05, 4.69) is 23.1 Å². The van der Waals surface area contributed by atoms with E-state index in [4.69, 9.17) is 9.68 Å². The normalized spacial score (nSPS) is 22.4. The fourth-order valence-electron chi connectivity index (χ4n) is 2.98. The number of likely N-dealkylation sites (tertiary alicyclic amines) is 1. The first-order valence-electron chi connectivity index (χ1n) is 7.62. The van der Waals surface area contributed by atoms with Gasteiger partial charge in [0.1, 0.15) is 11.9 Å². The molecule has 0 radical (unpaired) electrons. The predicted octanol–water partition coefficient (Wildman–Crippen LogP) is 4.02. The molecule has 0 N–H and O–H groups in total. The highest BCUT2D eigenvalue weighted by Crippen LogP contribution is 2.25. The summed E-state index contributed by atoms with van der Waals surface area (Å²) < 4.78 is 19.4. The Morgan fingerprint density at radius 1 is 1.27 bits per heavy atom. The molecule has 0 spiro atoms. The lowest BCUT2D eigenvalue weighted by atomic mass is 9.92. The quantitative estimate of drug-likeness (QED) is 0.856. The van der Waals surface area contributed by atoms with Crippen LogP contribution in [0.2, 0.25) is 0 Å². The highest BCUT2D eigenvalue weighted by Gasteiger charge is 2.28. The summed E-state index contributed by atoms with van der Waals surface area (Å²) in [6.45, 7) is 2.02. The van der Waals surface area contributed by atoms with E-state index in [0.29, 0.717) is 13.0 Å². The molecule has 1 aliphatic heterocycles. The van der Waals surface area contributed by atoms with Crippen LogP contribution >= 0.6 is 0 Å². The third kappa shape index (κ3) is 3.37. The van der Waals surface area contributed by atoms with Gasteiger partial charge in [-0.3, -0.25) is 4.90 Å². The molecule has 2 heterocycles. The average Bonchev–Trinajstić information content (AvgIpc) is 3.05. The summed E-state index contributed by atoms with van der Waals surface area (Å²) in [6.07, 6.45) is 1.86. The van der Waals surface area contributed by atoms with E-state index in [0.717, 1.165) is 30.8 Å². The molecule has 0 saturated carbocycles. The van der Waals surface area contributed by atoms with Crippen LogP contribution in [0.3, 0.4) is 0 Å². The number of piperidine rings is 1. The zero-order chi connectivity index (χ0) is 15.4. The fraction of sp³-hybridized carbons (Fsp3) is 0.389. The molecule has 0 aliphatic carbocycles. The molecule has 1 aromatic carbocycles. The van der Waals surface area contributed by atoms with Gasteiger partial charge in [0, 0.05) is 31.0 Å². The van der Waals surface area contributed by atoms with Gasteiger partial charge in [0.05, 0.1) is 12.3 Å². The molecule has 1 aromatic heterocycles. The Kier molecular flexibility index (Phi) is 4.55. The monoisotopic (exact) mass is 298 g/mol. The number of halogens is 1. The number of rotatable bonds is 4. The lowest BCUT2D eigenvalue weighted by Crippen LogP contribution is -2.41. The second kappa shape index (κ2) is 6.76. The maximum atomic E-state index is 14.0. The maximum absolute atomic E-state index is 14.0. The van der Waals surface area contributed by atoms with E-state index in [1.807, 2.05) is 24.3 Å². The minimum atomic E-state index is -0.893. The summed E-state index contributed by atoms with van der Waals surface area (Å²) in [5, 5.41) is 8.70. The van der Waals surface area contributed by atoms with Crippen molar-refractivity contribution in [2.24, 2.45) is 5.92 Å². The van der Waals surface area contributed by atoms with Crippen LogP contribution in [0.25, 0.3) is 11.3 Å². The lowest BCUT2D eigenvalue weighted by Gasteiger charge is -2.33. The van der Waals surface area contributed by atoms with E-state index >= 15 is 0 Å². The molecular weight excluding hydrogens is 279 g/mol. The average molecular weight is 298 g/mol. The minimum absolute atomic E-state index is 0.0948. The van der Waals surface area contributed by atoms with Crippen molar-refractivity contribution in [1.29, 1.82) is 5.26 Å². The Morgan fingerprint density at radius 3 is 2.73 bits per heavy atom. The molecule has 2 unspecified atom stereocenters. The summed E-state index contributed by atoms with van der Waals surface area (Å²) in [7, 11) is 0. The van der Waals surface area contributed by atoms with Crippen LogP contribution in [0.15, 0.2) is 47.1 Å². The first-order chi connectivity index (χ1) is 10.8. The Morgan fingerprint density at radius 2 is 2.09 bits per heavy atom. The van der Waals surface area contributed by atoms with Crippen molar-refractivity contribution in [2.75, 3.05) is 13.1 Å². The largest absolute Gasteiger partial charge is 0.464 e. The van der Waals surface area contributed by atoms with Crippen LogP contribution in [0, 0.1) is 17.2 Å². The van der Waals surface area contributed by atoms with E-state index in [-0.39, 0.29) is 5.92 Å². The highest BCUT2D eigenvalue weighted by atomic mass is 19.1. The summed E-state index contributed by atoms with van der Waals surface area (Å²) in [5.41, 5.74) is 2.21. The van der Waals surface area contributed by atoms with Gasteiger partial charge in [-0.15, -0.1) is 0 Å². The second-order valence-corrected chi connectivity index (χ2v) is 5.84. The molecule has 3 nitrogen and oxygen atoms in total. The van der Waals surface area contributed by atoms with E-state index in [9.17, 15) is 4.39 Å². The first kappa shape index (κ1) is 14.8. The van der Waals surface area contributed by atoms with Gasteiger partial charge >= 0.3 is 0 Å². The van der Waals surface area contributed by atoms with Crippen molar-refractivity contribution in [3.8, 4) is 17.4 Å². The van der Waals surface area contributed by atoms with Crippen molar-refractivity contribution >= 4 is 0 Å². The SMILES string of the molecule is N#CCC1CCN(Cc2ccc(-c3ccco3)cc2)CC1F. The van der Waals surface area contributed by atoms with Crippen molar-refractivity contribution in [1.82, 2.24) is 4.90 Å². The number of furan rings is 1. The lowest BCUT2D eigenvalue weighted by molar-refractivity contribution is 0.0821. The standard InChI is InChI=1S/C18H19FN2O/c19-17-13-21(10-8-15(17)7-9-20)12-14-3-5-16(6-4-14)18-2-1-11-22-18/h1-6,11,15,17H,7-8,10,12-13H2. The van der Waals surface area contributed by atoms with Gasteiger partial charge in [0.2, 0.25) is 0 Å². The Hall–Kier alpha value is -2.12. The molecule has 1 saturated heterocycles. The van der Waals surface area contributed by atoms with Crippen LogP contribution in [0.1, 0.15) is 18.4 Å². The summed E-state index contributed by atoms with van der Waals surface area (Å²) in [4.78, 5) is 2.13. The van der Waals surface area contributed by atoms with Gasteiger partial charge < -0.3 is 4.42 Å². The third-order valence-electron chi connectivity index (χ3n) is 4.28. The van der Waals surface area contributed by atoms with E-state index < -0.39 is 6.17 Å². The minimum Gasteiger partial charge on any atom is -0.464 e. The Balaban J connectivity index is 1.59. The summed E-state index contributed by atoms with van der Waals surface area (Å²) in [6, 6.07) is 14.1. The van der Waals surface area contributed by atoms with Crippen LogP contribution < -0.4 is 0 Å². The molecule has 1 aliphatic rings. The van der Waals surface area contributed by atoms with Gasteiger partial charge in [-0.1, -0.05) is 24.3 Å². The van der Waals surface area contributed by atoms with Crippen molar-refractivity contribution in [3.05, 3.63) is 48.2 Å². The third-order valence-corrected chi connectivity index (χ3v) is 4.28. The molecule has 114 valence electrons. The molecular formula is C18H19FN2O. The Bertz CT molecular complexity index is 630. The smallest absolute Gasteiger partial charge is 0.133 e. The van der Waals surface area contributed by atoms with Crippen molar-refractivity contribution in [2.45, 2.75) is 25.6 Å². The number of benzene rings is 1.